The molecular formula is C19H26FN5O4S2. The van der Waals surface area contributed by atoms with Crippen LogP contribution in [0.4, 0.5) is 20.6 Å². The number of hydrogen-bond donors (Lipinski definition) is 2. The summed E-state index contributed by atoms with van der Waals surface area (Å²) >= 11 is 5.32. The largest absolute Gasteiger partial charge is 0.442 e. The van der Waals surface area contributed by atoms with Crippen molar-refractivity contribution in [2.75, 3.05) is 49.1 Å². The van der Waals surface area contributed by atoms with Crippen molar-refractivity contribution in [2.24, 2.45) is 11.1 Å². The Morgan fingerprint density at radius 2 is 1.97 bits per heavy atom. The number of nitrogens with one attached hydrogen (secondary N) is 1. The summed E-state index contributed by atoms with van der Waals surface area (Å²) in [5.74, 6) is 0.202. The Balaban J connectivity index is 1.34. The first-order chi connectivity index (χ1) is 14.7. The van der Waals surface area contributed by atoms with Gasteiger partial charge in [0.05, 0.1) is 29.5 Å². The highest BCUT2D eigenvalue weighted by Crippen LogP contribution is 2.32. The van der Waals surface area contributed by atoms with Crippen molar-refractivity contribution >= 4 is 44.9 Å². The van der Waals surface area contributed by atoms with Gasteiger partial charge in [-0.1, -0.05) is 12.2 Å². The first-order valence-corrected chi connectivity index (χ1v) is 12.2. The van der Waals surface area contributed by atoms with Crippen molar-refractivity contribution in [2.45, 2.75) is 25.4 Å². The smallest absolute Gasteiger partial charge is 0.414 e. The number of rotatable bonds is 7. The molecule has 1 aromatic carbocycles. The Hall–Kier alpha value is -2.02. The van der Waals surface area contributed by atoms with E-state index in [1.165, 1.54) is 28.1 Å². The highest BCUT2D eigenvalue weighted by Gasteiger charge is 2.33. The van der Waals surface area contributed by atoms with Crippen molar-refractivity contribution in [1.29, 1.82) is 0 Å². The lowest BCUT2D eigenvalue weighted by atomic mass is 10.2. The van der Waals surface area contributed by atoms with E-state index in [1.54, 1.807) is 17.0 Å². The number of anilines is 2. The number of nitrogens with two attached hydrogens (primary N) is 1. The number of cyclic esters (lactones) is 1. The minimum absolute atomic E-state index is 0.190. The summed E-state index contributed by atoms with van der Waals surface area (Å²) in [7, 11) is -3.74. The van der Waals surface area contributed by atoms with Gasteiger partial charge in [0.25, 0.3) is 10.2 Å². The number of hydrogen-bond acceptors (Lipinski definition) is 6. The lowest BCUT2D eigenvalue weighted by Crippen LogP contribution is -2.50. The molecule has 1 unspecified atom stereocenters. The second kappa shape index (κ2) is 8.85. The van der Waals surface area contributed by atoms with Gasteiger partial charge in [-0.25, -0.2) is 14.3 Å². The molecule has 1 atom stereocenters. The van der Waals surface area contributed by atoms with Gasteiger partial charge in [-0.05, 0) is 37.0 Å². The van der Waals surface area contributed by atoms with Crippen molar-refractivity contribution in [3.8, 4) is 0 Å². The van der Waals surface area contributed by atoms with E-state index in [1.807, 2.05) is 0 Å². The van der Waals surface area contributed by atoms with Gasteiger partial charge in [-0.15, -0.1) is 0 Å². The van der Waals surface area contributed by atoms with Gasteiger partial charge in [0, 0.05) is 32.6 Å². The van der Waals surface area contributed by atoms with Crippen LogP contribution < -0.4 is 20.3 Å². The standard InChI is InChI=1S/C19H26FN5O4S2/c20-16-10-14(3-4-17(16)23-5-7-24(8-6-23)31(21,27)28)25-12-15(29-19(25)26)11-22-18(30)9-13-1-2-13/h3-4,10,13,15H,1-2,5-9,11-12H2,(H,22,30)(H2,21,27,28). The molecular weight excluding hydrogens is 445 g/mol. The van der Waals surface area contributed by atoms with E-state index < -0.39 is 22.1 Å². The zero-order valence-corrected chi connectivity index (χ0v) is 18.6. The predicted octanol–water partition coefficient (Wildman–Crippen LogP) is 1.19. The summed E-state index contributed by atoms with van der Waals surface area (Å²) in [5, 5.41) is 8.30. The molecule has 0 aromatic heterocycles. The molecule has 12 heteroatoms. The molecule has 170 valence electrons. The van der Waals surface area contributed by atoms with Gasteiger partial charge < -0.3 is 15.0 Å². The number of amides is 1. The molecule has 9 nitrogen and oxygen atoms in total. The minimum Gasteiger partial charge on any atom is -0.442 e. The molecule has 0 spiro atoms. The third-order valence-corrected chi connectivity index (χ3v) is 7.15. The van der Waals surface area contributed by atoms with Crippen LogP contribution in [0.5, 0.6) is 0 Å². The molecule has 31 heavy (non-hydrogen) atoms. The number of carbonyl (C=O) groups is 1. The molecule has 3 N–H and O–H groups in total. The molecule has 1 amide bonds. The molecule has 3 fully saturated rings. The average Bonchev–Trinajstić information content (AvgIpc) is 3.45. The van der Waals surface area contributed by atoms with Crippen LogP contribution in [-0.4, -0.2) is 69.2 Å². The number of ether oxygens (including phenoxy) is 1. The van der Waals surface area contributed by atoms with Crippen LogP contribution in [0.3, 0.4) is 0 Å². The Bertz CT molecular complexity index is 964. The van der Waals surface area contributed by atoms with Crippen molar-refractivity contribution < 1.29 is 22.3 Å². The fourth-order valence-corrected chi connectivity index (χ4v) is 4.82. The fraction of sp³-hybridized carbons (Fsp3) is 0.579. The third-order valence-electron chi connectivity index (χ3n) is 5.75. The Morgan fingerprint density at radius 1 is 1.26 bits per heavy atom. The van der Waals surface area contributed by atoms with Gasteiger partial charge in [0.15, 0.2) is 0 Å². The second-order valence-electron chi connectivity index (χ2n) is 8.13. The van der Waals surface area contributed by atoms with E-state index in [9.17, 15) is 17.6 Å². The predicted molar refractivity (Wildman–Crippen MR) is 119 cm³/mol. The number of thiocarbonyl (C=S) groups is 1. The van der Waals surface area contributed by atoms with Crippen LogP contribution in [0.1, 0.15) is 19.3 Å². The molecule has 1 aliphatic carbocycles. The maximum Gasteiger partial charge on any atom is 0.414 e. The van der Waals surface area contributed by atoms with Gasteiger partial charge >= 0.3 is 6.09 Å². The van der Waals surface area contributed by atoms with Crippen LogP contribution in [0, 0.1) is 11.7 Å². The third kappa shape index (κ3) is 5.43. The van der Waals surface area contributed by atoms with E-state index in [-0.39, 0.29) is 19.2 Å². The molecule has 0 bridgehead atoms. The zero-order valence-electron chi connectivity index (χ0n) is 17.0. The van der Waals surface area contributed by atoms with Gasteiger partial charge in [0.2, 0.25) is 0 Å². The molecule has 2 heterocycles. The minimum atomic E-state index is -3.74. The summed E-state index contributed by atoms with van der Waals surface area (Å²) in [4.78, 5) is 16.2. The normalized spacial score (nSPS) is 22.5. The number of benzene rings is 1. The molecule has 2 saturated heterocycles. The molecule has 4 rings (SSSR count). The number of carbonyl (C=O) groups excluding carboxylic acids is 1. The lowest BCUT2D eigenvalue weighted by molar-refractivity contribution is 0.143. The summed E-state index contributed by atoms with van der Waals surface area (Å²) in [6.07, 6.45) is 2.43. The maximum absolute atomic E-state index is 14.8. The first-order valence-electron chi connectivity index (χ1n) is 10.3. The lowest BCUT2D eigenvalue weighted by Gasteiger charge is -2.34. The zero-order chi connectivity index (χ0) is 22.2. The highest BCUT2D eigenvalue weighted by molar-refractivity contribution is 7.86. The van der Waals surface area contributed by atoms with E-state index in [4.69, 9.17) is 22.1 Å². The molecule has 2 aliphatic heterocycles. The second-order valence-corrected chi connectivity index (χ2v) is 10.2. The Kier molecular flexibility index (Phi) is 6.33. The van der Waals surface area contributed by atoms with Crippen LogP contribution in [-0.2, 0) is 14.9 Å². The maximum atomic E-state index is 14.8. The van der Waals surface area contributed by atoms with E-state index in [2.05, 4.69) is 5.32 Å². The quantitative estimate of drug-likeness (QED) is 0.575. The van der Waals surface area contributed by atoms with Crippen LogP contribution in [0.2, 0.25) is 0 Å². The molecule has 1 saturated carbocycles. The topological polar surface area (TPSA) is 108 Å². The highest BCUT2D eigenvalue weighted by atomic mass is 32.2. The SMILES string of the molecule is NS(=O)(=O)N1CCN(c2ccc(N3CC(CNC(=S)CC4CC4)OC3=O)cc2F)CC1. The van der Waals surface area contributed by atoms with Crippen LogP contribution in [0.15, 0.2) is 18.2 Å². The molecule has 1 aromatic rings. The fourth-order valence-electron chi connectivity index (χ4n) is 3.83. The number of halogens is 1. The van der Waals surface area contributed by atoms with E-state index >= 15 is 0 Å². The summed E-state index contributed by atoms with van der Waals surface area (Å²) in [5.41, 5.74) is 0.770. The number of piperazine rings is 1. The van der Waals surface area contributed by atoms with E-state index in [0.717, 1.165) is 11.4 Å². The molecule has 0 radical (unpaired) electrons. The summed E-state index contributed by atoms with van der Waals surface area (Å²) in [6, 6.07) is 4.57. The van der Waals surface area contributed by atoms with Crippen LogP contribution in [0.25, 0.3) is 0 Å². The number of nitrogens with zero attached hydrogens (tertiary/aromatic N) is 3. The first kappa shape index (κ1) is 22.2. The van der Waals surface area contributed by atoms with Gasteiger partial charge in [0.1, 0.15) is 11.9 Å². The van der Waals surface area contributed by atoms with E-state index in [0.29, 0.717) is 43.5 Å². The monoisotopic (exact) mass is 471 g/mol. The average molecular weight is 472 g/mol. The molecule has 3 aliphatic rings. The van der Waals surface area contributed by atoms with Crippen molar-refractivity contribution in [1.82, 2.24) is 9.62 Å². The van der Waals surface area contributed by atoms with Crippen molar-refractivity contribution in [3.05, 3.63) is 24.0 Å². The summed E-state index contributed by atoms with van der Waals surface area (Å²) in [6.45, 7) is 1.78. The Morgan fingerprint density at radius 3 is 2.58 bits per heavy atom. The van der Waals surface area contributed by atoms with Crippen molar-refractivity contribution in [3.63, 3.8) is 0 Å². The summed E-state index contributed by atoms with van der Waals surface area (Å²) < 4.78 is 44.2. The van der Waals surface area contributed by atoms with Crippen LogP contribution >= 0.6 is 12.2 Å². The Labute approximate surface area is 186 Å². The van der Waals surface area contributed by atoms with Gasteiger partial charge in [-0.3, -0.25) is 4.90 Å². The van der Waals surface area contributed by atoms with Gasteiger partial charge in [-0.2, -0.15) is 12.7 Å².